The van der Waals surface area contributed by atoms with Gasteiger partial charge in [0.25, 0.3) is 0 Å². The summed E-state index contributed by atoms with van der Waals surface area (Å²) in [6, 6.07) is 5.58. The van der Waals surface area contributed by atoms with Crippen LogP contribution in [0.5, 0.6) is 11.5 Å². The lowest BCUT2D eigenvalue weighted by atomic mass is 9.92. The van der Waals surface area contributed by atoms with Crippen LogP contribution >= 0.6 is 0 Å². The van der Waals surface area contributed by atoms with Crippen molar-refractivity contribution in [3.8, 4) is 11.5 Å². The first kappa shape index (κ1) is 21.2. The van der Waals surface area contributed by atoms with Crippen molar-refractivity contribution in [2.75, 3.05) is 27.3 Å². The molecule has 0 radical (unpaired) electrons. The number of rotatable bonds is 8. The molecule has 0 saturated carbocycles. The van der Waals surface area contributed by atoms with Gasteiger partial charge in [0, 0.05) is 43.3 Å². The van der Waals surface area contributed by atoms with Gasteiger partial charge in [0.15, 0.2) is 0 Å². The van der Waals surface area contributed by atoms with Crippen LogP contribution in [0.1, 0.15) is 50.5 Å². The number of ether oxygens (including phenoxy) is 2. The molecule has 0 spiro atoms. The maximum Gasteiger partial charge on any atom is 0.249 e. The molecule has 1 aromatic carbocycles. The van der Waals surface area contributed by atoms with Gasteiger partial charge in [-0.25, -0.2) is 0 Å². The number of amides is 2. The minimum absolute atomic E-state index is 0.0322. The molecule has 1 heterocycles. The molecule has 1 aromatic rings. The van der Waals surface area contributed by atoms with E-state index in [0.717, 1.165) is 68.5 Å². The highest BCUT2D eigenvalue weighted by molar-refractivity contribution is 5.93. The largest absolute Gasteiger partial charge is 0.497 e. The van der Waals surface area contributed by atoms with Crippen LogP contribution in [-0.4, -0.2) is 44.0 Å². The highest BCUT2D eigenvalue weighted by Crippen LogP contribution is 2.26. The Labute approximate surface area is 173 Å². The van der Waals surface area contributed by atoms with E-state index >= 15 is 0 Å². The normalized spacial score (nSPS) is 18.9. The molecule has 6 nitrogen and oxygen atoms in total. The Kier molecular flexibility index (Phi) is 7.55. The predicted molar refractivity (Wildman–Crippen MR) is 112 cm³/mol. The second-order valence-corrected chi connectivity index (χ2v) is 7.87. The van der Waals surface area contributed by atoms with E-state index in [1.54, 1.807) is 14.2 Å². The summed E-state index contributed by atoms with van der Waals surface area (Å²) in [6.45, 7) is 2.04. The first-order valence-electron chi connectivity index (χ1n) is 10.6. The lowest BCUT2D eigenvalue weighted by Gasteiger charge is -2.33. The van der Waals surface area contributed by atoms with Crippen LogP contribution in [0, 0.1) is 5.92 Å². The Morgan fingerprint density at radius 1 is 1.21 bits per heavy atom. The second kappa shape index (κ2) is 10.3. The molecule has 1 atom stereocenters. The van der Waals surface area contributed by atoms with Gasteiger partial charge in [-0.3, -0.25) is 9.59 Å². The molecule has 1 fully saturated rings. The maximum atomic E-state index is 12.6. The van der Waals surface area contributed by atoms with Crippen molar-refractivity contribution in [2.45, 2.75) is 51.5 Å². The van der Waals surface area contributed by atoms with Gasteiger partial charge in [-0.05, 0) is 56.6 Å². The monoisotopic (exact) mass is 400 g/mol. The number of nitrogens with zero attached hydrogens (tertiary/aromatic N) is 1. The van der Waals surface area contributed by atoms with E-state index in [4.69, 9.17) is 9.47 Å². The lowest BCUT2D eigenvalue weighted by Crippen LogP contribution is -2.40. The fourth-order valence-electron chi connectivity index (χ4n) is 4.17. The number of piperidine rings is 1. The quantitative estimate of drug-likeness (QED) is 0.726. The van der Waals surface area contributed by atoms with Crippen molar-refractivity contribution in [3.05, 3.63) is 35.4 Å². The molecule has 2 amide bonds. The third kappa shape index (κ3) is 5.75. The molecule has 1 saturated heterocycles. The summed E-state index contributed by atoms with van der Waals surface area (Å²) in [5, 5.41) is 2.98. The molecular weight excluding hydrogens is 368 g/mol. The van der Waals surface area contributed by atoms with Crippen LogP contribution < -0.4 is 14.8 Å². The zero-order valence-corrected chi connectivity index (χ0v) is 17.5. The van der Waals surface area contributed by atoms with E-state index in [2.05, 4.69) is 11.4 Å². The number of benzene rings is 1. The molecule has 1 unspecified atom stereocenters. The van der Waals surface area contributed by atoms with Crippen LogP contribution in [0.3, 0.4) is 0 Å². The molecule has 2 aliphatic rings. The predicted octanol–water partition coefficient (Wildman–Crippen LogP) is 3.45. The number of nitrogens with one attached hydrogen (secondary N) is 1. The third-order valence-electron chi connectivity index (χ3n) is 5.87. The SMILES string of the molecule is COc1ccc(CNC(=O)CCC2CCCN(C(=O)C3=CCCC3)C2)c(OC)c1. The van der Waals surface area contributed by atoms with Gasteiger partial charge >= 0.3 is 0 Å². The summed E-state index contributed by atoms with van der Waals surface area (Å²) >= 11 is 0. The zero-order valence-electron chi connectivity index (χ0n) is 17.5. The van der Waals surface area contributed by atoms with Crippen LogP contribution in [0.4, 0.5) is 0 Å². The Morgan fingerprint density at radius 3 is 2.79 bits per heavy atom. The summed E-state index contributed by atoms with van der Waals surface area (Å²) in [4.78, 5) is 26.9. The molecular formula is C23H32N2O4. The first-order valence-corrected chi connectivity index (χ1v) is 10.6. The van der Waals surface area contributed by atoms with E-state index in [-0.39, 0.29) is 11.8 Å². The van der Waals surface area contributed by atoms with Gasteiger partial charge in [0.05, 0.1) is 14.2 Å². The zero-order chi connectivity index (χ0) is 20.6. The van der Waals surface area contributed by atoms with Crippen molar-refractivity contribution in [2.24, 2.45) is 5.92 Å². The highest BCUT2D eigenvalue weighted by Gasteiger charge is 2.26. The Hall–Kier alpha value is -2.50. The van der Waals surface area contributed by atoms with E-state index in [1.807, 2.05) is 23.1 Å². The molecule has 0 aromatic heterocycles. The van der Waals surface area contributed by atoms with Gasteiger partial charge in [0.1, 0.15) is 11.5 Å². The van der Waals surface area contributed by atoms with Crippen LogP contribution in [0.15, 0.2) is 29.8 Å². The van der Waals surface area contributed by atoms with Crippen LogP contribution in [-0.2, 0) is 16.1 Å². The number of methoxy groups -OCH3 is 2. The minimum atomic E-state index is 0.0322. The summed E-state index contributed by atoms with van der Waals surface area (Å²) in [5.74, 6) is 2.07. The van der Waals surface area contributed by atoms with Gasteiger partial charge < -0.3 is 19.7 Å². The lowest BCUT2D eigenvalue weighted by molar-refractivity contribution is -0.129. The molecule has 3 rings (SSSR count). The van der Waals surface area contributed by atoms with Gasteiger partial charge in [0.2, 0.25) is 11.8 Å². The van der Waals surface area contributed by atoms with E-state index in [0.29, 0.717) is 24.6 Å². The summed E-state index contributed by atoms with van der Waals surface area (Å²) in [7, 11) is 3.22. The average Bonchev–Trinajstić information content (AvgIpc) is 3.30. The van der Waals surface area contributed by atoms with Crippen molar-refractivity contribution in [1.29, 1.82) is 0 Å². The first-order chi connectivity index (χ1) is 14.1. The highest BCUT2D eigenvalue weighted by atomic mass is 16.5. The molecule has 29 heavy (non-hydrogen) atoms. The van der Waals surface area contributed by atoms with Crippen LogP contribution in [0.25, 0.3) is 0 Å². The van der Waals surface area contributed by atoms with E-state index < -0.39 is 0 Å². The van der Waals surface area contributed by atoms with Crippen molar-refractivity contribution in [3.63, 3.8) is 0 Å². The molecule has 1 aliphatic carbocycles. The van der Waals surface area contributed by atoms with E-state index in [9.17, 15) is 9.59 Å². The number of hydrogen-bond acceptors (Lipinski definition) is 4. The molecule has 1 aliphatic heterocycles. The Balaban J connectivity index is 1.44. The molecule has 1 N–H and O–H groups in total. The fourth-order valence-corrected chi connectivity index (χ4v) is 4.17. The number of likely N-dealkylation sites (tertiary alicyclic amines) is 1. The van der Waals surface area contributed by atoms with Crippen molar-refractivity contribution >= 4 is 11.8 Å². The van der Waals surface area contributed by atoms with E-state index in [1.165, 1.54) is 0 Å². The fraction of sp³-hybridized carbons (Fsp3) is 0.565. The Bertz CT molecular complexity index is 759. The minimum Gasteiger partial charge on any atom is -0.497 e. The van der Waals surface area contributed by atoms with Crippen LogP contribution in [0.2, 0.25) is 0 Å². The average molecular weight is 401 g/mol. The topological polar surface area (TPSA) is 67.9 Å². The number of carbonyl (C=O) groups excluding carboxylic acids is 2. The van der Waals surface area contributed by atoms with Gasteiger partial charge in [-0.2, -0.15) is 0 Å². The van der Waals surface area contributed by atoms with Crippen molar-refractivity contribution in [1.82, 2.24) is 10.2 Å². The standard InChI is InChI=1S/C23H32N2O4/c1-28-20-11-10-19(21(14-20)29-2)15-24-22(26)12-9-17-6-5-13-25(16-17)23(27)18-7-3-4-8-18/h7,10-11,14,17H,3-6,8-9,12-13,15-16H2,1-2H3,(H,24,26). The number of allylic oxidation sites excluding steroid dienone is 1. The van der Waals surface area contributed by atoms with Gasteiger partial charge in [-0.1, -0.05) is 6.08 Å². The molecule has 158 valence electrons. The summed E-state index contributed by atoms with van der Waals surface area (Å²) < 4.78 is 10.6. The smallest absolute Gasteiger partial charge is 0.249 e. The van der Waals surface area contributed by atoms with Crippen molar-refractivity contribution < 1.29 is 19.1 Å². The molecule has 0 bridgehead atoms. The third-order valence-corrected chi connectivity index (χ3v) is 5.87. The Morgan fingerprint density at radius 2 is 2.07 bits per heavy atom. The van der Waals surface area contributed by atoms with Gasteiger partial charge in [-0.15, -0.1) is 0 Å². The summed E-state index contributed by atoms with van der Waals surface area (Å²) in [5.41, 5.74) is 1.90. The maximum absolute atomic E-state index is 12.6. The second-order valence-electron chi connectivity index (χ2n) is 7.87. The summed E-state index contributed by atoms with van der Waals surface area (Å²) in [6.07, 6.45) is 8.53. The number of carbonyl (C=O) groups is 2. The molecule has 6 heteroatoms. The number of hydrogen-bond donors (Lipinski definition) is 1.